The summed E-state index contributed by atoms with van der Waals surface area (Å²) in [5.74, 6) is 0. The summed E-state index contributed by atoms with van der Waals surface area (Å²) in [6.07, 6.45) is 9.42. The van der Waals surface area contributed by atoms with Gasteiger partial charge in [0.15, 0.2) is 0 Å². The quantitative estimate of drug-likeness (QED) is 0.479. The molecule has 0 saturated heterocycles. The molecular weight excluding hydrogens is 138 g/mol. The number of hydrogen-bond donors (Lipinski definition) is 2. The Balaban J connectivity index is 3.81. The fourth-order valence-corrected chi connectivity index (χ4v) is 0.583. The molecule has 0 spiro atoms. The zero-order chi connectivity index (χ0) is 8.53. The summed E-state index contributed by atoms with van der Waals surface area (Å²) in [7, 11) is 1.84. The van der Waals surface area contributed by atoms with Gasteiger partial charge in [-0.2, -0.15) is 0 Å². The zero-order valence-electron chi connectivity index (χ0n) is 7.04. The van der Waals surface area contributed by atoms with Gasteiger partial charge in [0, 0.05) is 7.05 Å². The van der Waals surface area contributed by atoms with Crippen LogP contribution in [0, 0.1) is 0 Å². The van der Waals surface area contributed by atoms with Crippen LogP contribution < -0.4 is 5.32 Å². The maximum absolute atomic E-state index is 8.63. The molecule has 0 aromatic carbocycles. The van der Waals surface area contributed by atoms with Crippen molar-refractivity contribution in [3.63, 3.8) is 0 Å². The van der Waals surface area contributed by atoms with Crippen LogP contribution in [-0.2, 0) is 0 Å². The topological polar surface area (TPSA) is 32.3 Å². The molecule has 0 aliphatic rings. The van der Waals surface area contributed by atoms with E-state index in [1.165, 1.54) is 0 Å². The third-order valence-corrected chi connectivity index (χ3v) is 1.26. The summed E-state index contributed by atoms with van der Waals surface area (Å²) in [6, 6.07) is 0. The van der Waals surface area contributed by atoms with Gasteiger partial charge >= 0.3 is 0 Å². The Morgan fingerprint density at radius 1 is 1.45 bits per heavy atom. The van der Waals surface area contributed by atoms with E-state index in [0.717, 1.165) is 18.3 Å². The molecule has 0 heterocycles. The minimum Gasteiger partial charge on any atom is -0.515 e. The highest BCUT2D eigenvalue weighted by molar-refractivity contribution is 5.19. The molecule has 62 valence electrons. The maximum atomic E-state index is 8.63. The van der Waals surface area contributed by atoms with E-state index in [1.54, 1.807) is 0 Å². The van der Waals surface area contributed by atoms with Crippen LogP contribution in [-0.4, -0.2) is 12.2 Å². The van der Waals surface area contributed by atoms with Crippen LogP contribution in [0.4, 0.5) is 0 Å². The lowest BCUT2D eigenvalue weighted by molar-refractivity contribution is 0.467. The predicted octanol–water partition coefficient (Wildman–Crippen LogP) is 2.13. The molecule has 0 aliphatic heterocycles. The highest BCUT2D eigenvalue weighted by Crippen LogP contribution is 2.00. The molecule has 0 bridgehead atoms. The van der Waals surface area contributed by atoms with Crippen molar-refractivity contribution in [3.05, 3.63) is 36.3 Å². The number of rotatable bonds is 4. The largest absolute Gasteiger partial charge is 0.515 e. The highest BCUT2D eigenvalue weighted by atomic mass is 16.2. The van der Waals surface area contributed by atoms with E-state index in [2.05, 4.69) is 5.32 Å². The molecule has 0 aromatic rings. The standard InChI is InChI=1S/C9H15NO/c1-3-9(8-11)6-4-5-7-10-2/h4-8,10-11H,3H2,1-2H3/b6-4-,7-5+,9-8+. The third-order valence-electron chi connectivity index (χ3n) is 1.26. The van der Waals surface area contributed by atoms with Gasteiger partial charge in [0.25, 0.3) is 0 Å². The predicted molar refractivity (Wildman–Crippen MR) is 48.3 cm³/mol. The lowest BCUT2D eigenvalue weighted by atomic mass is 10.2. The van der Waals surface area contributed by atoms with E-state index in [1.807, 2.05) is 38.4 Å². The Labute approximate surface area is 67.9 Å². The second-order valence-corrected chi connectivity index (χ2v) is 2.06. The smallest absolute Gasteiger partial charge is 0.0823 e. The molecule has 11 heavy (non-hydrogen) atoms. The summed E-state index contributed by atoms with van der Waals surface area (Å²) in [4.78, 5) is 0. The van der Waals surface area contributed by atoms with Gasteiger partial charge in [0.2, 0.25) is 0 Å². The molecule has 0 saturated carbocycles. The van der Waals surface area contributed by atoms with E-state index in [0.29, 0.717) is 0 Å². The number of aliphatic hydroxyl groups is 1. The van der Waals surface area contributed by atoms with Crippen molar-refractivity contribution in [3.8, 4) is 0 Å². The minimum absolute atomic E-state index is 0.848. The zero-order valence-corrected chi connectivity index (χ0v) is 7.04. The molecule has 0 amide bonds. The van der Waals surface area contributed by atoms with Crippen molar-refractivity contribution in [2.24, 2.45) is 0 Å². The first-order valence-electron chi connectivity index (χ1n) is 3.68. The van der Waals surface area contributed by atoms with Gasteiger partial charge in [-0.25, -0.2) is 0 Å². The molecule has 0 rings (SSSR count). The van der Waals surface area contributed by atoms with Crippen LogP contribution in [0.5, 0.6) is 0 Å². The molecule has 2 N–H and O–H groups in total. The Bertz CT molecular complexity index is 168. The van der Waals surface area contributed by atoms with Crippen LogP contribution in [0.3, 0.4) is 0 Å². The Morgan fingerprint density at radius 2 is 2.18 bits per heavy atom. The second-order valence-electron chi connectivity index (χ2n) is 2.06. The third kappa shape index (κ3) is 5.27. The Kier molecular flexibility index (Phi) is 6.19. The first kappa shape index (κ1) is 9.82. The van der Waals surface area contributed by atoms with E-state index in [-0.39, 0.29) is 0 Å². The fourth-order valence-electron chi connectivity index (χ4n) is 0.583. The van der Waals surface area contributed by atoms with Crippen LogP contribution in [0.25, 0.3) is 0 Å². The molecule has 0 aromatic heterocycles. The molecule has 2 nitrogen and oxygen atoms in total. The molecule has 2 heteroatoms. The SMILES string of the molecule is CCC(/C=C\C=C\NC)=C\O. The number of allylic oxidation sites excluding steroid dienone is 4. The average molecular weight is 153 g/mol. The molecule has 0 atom stereocenters. The number of hydrogen-bond acceptors (Lipinski definition) is 2. The van der Waals surface area contributed by atoms with Gasteiger partial charge in [0.1, 0.15) is 0 Å². The van der Waals surface area contributed by atoms with Gasteiger partial charge in [-0.1, -0.05) is 19.1 Å². The van der Waals surface area contributed by atoms with Gasteiger partial charge in [0.05, 0.1) is 6.26 Å². The lowest BCUT2D eigenvalue weighted by Crippen LogP contribution is -1.89. The van der Waals surface area contributed by atoms with Crippen LogP contribution in [0.1, 0.15) is 13.3 Å². The molecule has 0 aliphatic carbocycles. The molecule has 0 fully saturated rings. The normalized spacial score (nSPS) is 13.1. The van der Waals surface area contributed by atoms with Gasteiger partial charge < -0.3 is 10.4 Å². The first-order chi connectivity index (χ1) is 5.35. The summed E-state index contributed by atoms with van der Waals surface area (Å²) >= 11 is 0. The Morgan fingerprint density at radius 3 is 2.64 bits per heavy atom. The van der Waals surface area contributed by atoms with E-state index >= 15 is 0 Å². The average Bonchev–Trinajstić information content (AvgIpc) is 2.05. The van der Waals surface area contributed by atoms with Crippen LogP contribution in [0.15, 0.2) is 36.3 Å². The number of nitrogens with one attached hydrogen (secondary N) is 1. The summed E-state index contributed by atoms with van der Waals surface area (Å²) in [6.45, 7) is 1.99. The maximum Gasteiger partial charge on any atom is 0.0823 e. The Hall–Kier alpha value is -1.18. The van der Waals surface area contributed by atoms with Crippen molar-refractivity contribution in [2.45, 2.75) is 13.3 Å². The van der Waals surface area contributed by atoms with Crippen LogP contribution in [0.2, 0.25) is 0 Å². The van der Waals surface area contributed by atoms with Crippen LogP contribution >= 0.6 is 0 Å². The van der Waals surface area contributed by atoms with Gasteiger partial charge in [-0.15, -0.1) is 0 Å². The second kappa shape index (κ2) is 6.93. The van der Waals surface area contributed by atoms with Gasteiger partial charge in [-0.05, 0) is 24.3 Å². The van der Waals surface area contributed by atoms with Crippen molar-refractivity contribution in [1.82, 2.24) is 5.32 Å². The fraction of sp³-hybridized carbons (Fsp3) is 0.333. The van der Waals surface area contributed by atoms with Gasteiger partial charge in [-0.3, -0.25) is 0 Å². The van der Waals surface area contributed by atoms with Crippen molar-refractivity contribution < 1.29 is 5.11 Å². The molecule has 0 radical (unpaired) electrons. The lowest BCUT2D eigenvalue weighted by Gasteiger charge is -1.90. The highest BCUT2D eigenvalue weighted by Gasteiger charge is 1.82. The van der Waals surface area contributed by atoms with E-state index in [9.17, 15) is 0 Å². The summed E-state index contributed by atoms with van der Waals surface area (Å²) in [5.41, 5.74) is 0.922. The first-order valence-corrected chi connectivity index (χ1v) is 3.68. The molecular formula is C9H15NO. The summed E-state index contributed by atoms with van der Waals surface area (Å²) < 4.78 is 0. The number of aliphatic hydroxyl groups excluding tert-OH is 1. The van der Waals surface area contributed by atoms with E-state index in [4.69, 9.17) is 5.11 Å². The molecule has 0 unspecified atom stereocenters. The van der Waals surface area contributed by atoms with E-state index < -0.39 is 0 Å². The summed E-state index contributed by atoms with van der Waals surface area (Å²) in [5, 5.41) is 11.5. The van der Waals surface area contributed by atoms with Crippen molar-refractivity contribution in [1.29, 1.82) is 0 Å². The minimum atomic E-state index is 0.848. The van der Waals surface area contributed by atoms with Crippen molar-refractivity contribution in [2.75, 3.05) is 7.05 Å². The van der Waals surface area contributed by atoms with Crippen molar-refractivity contribution >= 4 is 0 Å². The monoisotopic (exact) mass is 153 g/mol.